The van der Waals surface area contributed by atoms with Crippen molar-refractivity contribution in [3.05, 3.63) is 59.7 Å². The number of ketones is 2. The van der Waals surface area contributed by atoms with Gasteiger partial charge >= 0.3 is 0 Å². The van der Waals surface area contributed by atoms with Crippen molar-refractivity contribution >= 4 is 11.6 Å². The van der Waals surface area contributed by atoms with Crippen LogP contribution in [0.3, 0.4) is 0 Å². The van der Waals surface area contributed by atoms with E-state index in [-0.39, 0.29) is 12.8 Å². The van der Waals surface area contributed by atoms with Gasteiger partial charge in [-0.2, -0.15) is 0 Å². The van der Waals surface area contributed by atoms with E-state index in [1.54, 1.807) is 48.5 Å². The SMILES string of the molecule is COc1cccc(CC(O)[C@H](O)C(=O)C(=O)[C@H](O)C(O)Cc2cccc(OC)c2)c1. The van der Waals surface area contributed by atoms with Gasteiger partial charge in [-0.15, -0.1) is 0 Å². The first kappa shape index (κ1) is 23.5. The topological polar surface area (TPSA) is 134 Å². The summed E-state index contributed by atoms with van der Waals surface area (Å²) in [7, 11) is 2.95. The summed E-state index contributed by atoms with van der Waals surface area (Å²) in [5, 5.41) is 40.4. The van der Waals surface area contributed by atoms with Crippen LogP contribution in [0.2, 0.25) is 0 Å². The summed E-state index contributed by atoms with van der Waals surface area (Å²) >= 11 is 0. The summed E-state index contributed by atoms with van der Waals surface area (Å²) < 4.78 is 10.1. The first-order chi connectivity index (χ1) is 14.3. The molecule has 0 radical (unpaired) electrons. The van der Waals surface area contributed by atoms with Crippen LogP contribution in [0.1, 0.15) is 11.1 Å². The van der Waals surface area contributed by atoms with Gasteiger partial charge in [0.25, 0.3) is 0 Å². The number of benzene rings is 2. The third-order valence-electron chi connectivity index (χ3n) is 4.67. The van der Waals surface area contributed by atoms with Crippen molar-refractivity contribution in [2.75, 3.05) is 14.2 Å². The lowest BCUT2D eigenvalue weighted by Crippen LogP contribution is -2.47. The Balaban J connectivity index is 1.98. The van der Waals surface area contributed by atoms with Crippen molar-refractivity contribution in [3.63, 3.8) is 0 Å². The van der Waals surface area contributed by atoms with Gasteiger partial charge in [0.05, 0.1) is 26.4 Å². The maximum atomic E-state index is 12.2. The zero-order chi connectivity index (χ0) is 22.3. The molecule has 0 saturated carbocycles. The zero-order valence-corrected chi connectivity index (χ0v) is 16.8. The van der Waals surface area contributed by atoms with Crippen molar-refractivity contribution in [1.82, 2.24) is 0 Å². The van der Waals surface area contributed by atoms with E-state index in [1.807, 2.05) is 0 Å². The Labute approximate surface area is 174 Å². The molecule has 30 heavy (non-hydrogen) atoms. The number of hydrogen-bond acceptors (Lipinski definition) is 8. The molecule has 0 aliphatic heterocycles. The lowest BCUT2D eigenvalue weighted by Gasteiger charge is -2.20. The minimum absolute atomic E-state index is 0.111. The predicted molar refractivity (Wildman–Crippen MR) is 107 cm³/mol. The van der Waals surface area contributed by atoms with Crippen molar-refractivity contribution < 1.29 is 39.5 Å². The van der Waals surface area contributed by atoms with Crippen molar-refractivity contribution in [2.24, 2.45) is 0 Å². The van der Waals surface area contributed by atoms with E-state index in [2.05, 4.69) is 0 Å². The molecule has 0 aliphatic rings. The molecule has 0 saturated heterocycles. The second kappa shape index (κ2) is 10.8. The molecule has 8 nitrogen and oxygen atoms in total. The lowest BCUT2D eigenvalue weighted by atomic mass is 9.94. The van der Waals surface area contributed by atoms with Crippen LogP contribution >= 0.6 is 0 Å². The molecule has 2 unspecified atom stereocenters. The average Bonchev–Trinajstić information content (AvgIpc) is 2.77. The fraction of sp³-hybridized carbons (Fsp3) is 0.364. The highest BCUT2D eigenvalue weighted by Gasteiger charge is 2.36. The molecule has 0 spiro atoms. The summed E-state index contributed by atoms with van der Waals surface area (Å²) in [6.45, 7) is 0. The first-order valence-corrected chi connectivity index (χ1v) is 9.33. The van der Waals surface area contributed by atoms with Crippen LogP contribution in [0.4, 0.5) is 0 Å². The fourth-order valence-electron chi connectivity index (χ4n) is 2.95. The Morgan fingerprint density at radius 2 is 1.10 bits per heavy atom. The van der Waals surface area contributed by atoms with E-state index in [0.29, 0.717) is 22.6 Å². The summed E-state index contributed by atoms with van der Waals surface area (Å²) in [5.41, 5.74) is 1.17. The summed E-state index contributed by atoms with van der Waals surface area (Å²) in [6.07, 6.45) is -7.45. The van der Waals surface area contributed by atoms with Gasteiger partial charge in [0, 0.05) is 12.8 Å². The van der Waals surface area contributed by atoms with Gasteiger partial charge in [-0.3, -0.25) is 9.59 Å². The highest BCUT2D eigenvalue weighted by atomic mass is 16.5. The molecular formula is C22H26O8. The van der Waals surface area contributed by atoms with Crippen LogP contribution in [-0.2, 0) is 22.4 Å². The molecule has 8 heteroatoms. The minimum Gasteiger partial charge on any atom is -0.497 e. The highest BCUT2D eigenvalue weighted by molar-refractivity contribution is 6.40. The Kier molecular flexibility index (Phi) is 8.49. The van der Waals surface area contributed by atoms with Crippen LogP contribution < -0.4 is 9.47 Å². The number of aliphatic hydroxyl groups is 4. The Bertz CT molecular complexity index is 794. The van der Waals surface area contributed by atoms with Crippen LogP contribution in [0.25, 0.3) is 0 Å². The lowest BCUT2D eigenvalue weighted by molar-refractivity contribution is -0.152. The number of rotatable bonds is 11. The van der Waals surface area contributed by atoms with E-state index < -0.39 is 36.0 Å². The molecule has 2 rings (SSSR count). The number of carbonyl (C=O) groups is 2. The third kappa shape index (κ3) is 6.11. The van der Waals surface area contributed by atoms with Gasteiger partial charge in [-0.05, 0) is 35.4 Å². The van der Waals surface area contributed by atoms with E-state index in [1.165, 1.54) is 14.2 Å². The molecule has 2 aromatic carbocycles. The summed E-state index contributed by atoms with van der Waals surface area (Å²) in [5.74, 6) is -1.68. The molecule has 162 valence electrons. The number of ether oxygens (including phenoxy) is 2. The number of carbonyl (C=O) groups excluding carboxylic acids is 2. The van der Waals surface area contributed by atoms with Gasteiger partial charge in [0.15, 0.2) is 0 Å². The number of aliphatic hydroxyl groups excluding tert-OH is 4. The maximum Gasteiger partial charge on any atom is 0.232 e. The Morgan fingerprint density at radius 3 is 1.43 bits per heavy atom. The monoisotopic (exact) mass is 418 g/mol. The number of methoxy groups -OCH3 is 2. The molecule has 0 aliphatic carbocycles. The van der Waals surface area contributed by atoms with Gasteiger partial charge < -0.3 is 29.9 Å². The third-order valence-corrected chi connectivity index (χ3v) is 4.67. The molecule has 0 aromatic heterocycles. The van der Waals surface area contributed by atoms with Gasteiger partial charge in [-0.25, -0.2) is 0 Å². The smallest absolute Gasteiger partial charge is 0.232 e. The molecule has 2 aromatic rings. The van der Waals surface area contributed by atoms with Crippen LogP contribution in [0.15, 0.2) is 48.5 Å². The second-order valence-corrected chi connectivity index (χ2v) is 6.86. The van der Waals surface area contributed by atoms with Crippen LogP contribution in [0, 0.1) is 0 Å². The van der Waals surface area contributed by atoms with E-state index in [0.717, 1.165) is 0 Å². The largest absolute Gasteiger partial charge is 0.497 e. The van der Waals surface area contributed by atoms with Gasteiger partial charge in [-0.1, -0.05) is 24.3 Å². The fourth-order valence-corrected chi connectivity index (χ4v) is 2.95. The molecule has 0 fully saturated rings. The standard InChI is InChI=1S/C22H26O8/c1-29-15-7-3-5-13(9-15)11-17(23)19(25)21(27)22(28)20(26)18(24)12-14-6-4-8-16(10-14)30-2/h3-10,17-20,23-26H,11-12H2,1-2H3/t17?,18?,19-,20+. The predicted octanol–water partition coefficient (Wildman–Crippen LogP) is 0.0708. The van der Waals surface area contributed by atoms with Crippen molar-refractivity contribution in [3.8, 4) is 11.5 Å². The Morgan fingerprint density at radius 1 is 0.733 bits per heavy atom. The van der Waals surface area contributed by atoms with E-state index in [9.17, 15) is 30.0 Å². The number of hydrogen-bond donors (Lipinski definition) is 4. The normalized spacial score (nSPS) is 15.0. The minimum atomic E-state index is -2.04. The molecule has 4 N–H and O–H groups in total. The molecule has 0 bridgehead atoms. The highest BCUT2D eigenvalue weighted by Crippen LogP contribution is 2.17. The quantitative estimate of drug-likeness (QED) is 0.377. The molecular weight excluding hydrogens is 392 g/mol. The molecule has 0 heterocycles. The Hall–Kier alpha value is -2.78. The summed E-state index contributed by atoms with van der Waals surface area (Å²) in [6, 6.07) is 13.3. The average molecular weight is 418 g/mol. The van der Waals surface area contributed by atoms with Crippen molar-refractivity contribution in [2.45, 2.75) is 37.3 Å². The van der Waals surface area contributed by atoms with Crippen LogP contribution in [0.5, 0.6) is 11.5 Å². The molecule has 4 atom stereocenters. The van der Waals surface area contributed by atoms with Gasteiger partial charge in [0.1, 0.15) is 23.7 Å². The second-order valence-electron chi connectivity index (χ2n) is 6.86. The zero-order valence-electron chi connectivity index (χ0n) is 16.8. The number of Topliss-reactive ketones (excluding diaryl/α,β-unsaturated/α-hetero) is 2. The molecule has 0 amide bonds. The van der Waals surface area contributed by atoms with Crippen molar-refractivity contribution in [1.29, 1.82) is 0 Å². The maximum absolute atomic E-state index is 12.2. The first-order valence-electron chi connectivity index (χ1n) is 9.33. The van der Waals surface area contributed by atoms with Crippen LogP contribution in [-0.4, -0.2) is 70.6 Å². The summed E-state index contributed by atoms with van der Waals surface area (Å²) in [4.78, 5) is 24.4. The van der Waals surface area contributed by atoms with Gasteiger partial charge in [0.2, 0.25) is 11.6 Å². The van der Waals surface area contributed by atoms with E-state index in [4.69, 9.17) is 9.47 Å². The van der Waals surface area contributed by atoms with E-state index >= 15 is 0 Å².